The van der Waals surface area contributed by atoms with Gasteiger partial charge in [0.2, 0.25) is 5.78 Å². The molecule has 0 bridgehead atoms. The van der Waals surface area contributed by atoms with Crippen molar-refractivity contribution >= 4 is 5.78 Å². The van der Waals surface area contributed by atoms with Gasteiger partial charge in [0.15, 0.2) is 5.60 Å². The molecule has 2 aliphatic heterocycles. The molecule has 1 aromatic rings. The van der Waals surface area contributed by atoms with Gasteiger partial charge in [-0.15, -0.1) is 0 Å². The van der Waals surface area contributed by atoms with E-state index in [0.717, 1.165) is 11.1 Å². The van der Waals surface area contributed by atoms with Crippen LogP contribution in [0, 0.1) is 6.92 Å². The van der Waals surface area contributed by atoms with E-state index in [1.807, 2.05) is 26.8 Å². The van der Waals surface area contributed by atoms with E-state index >= 15 is 0 Å². The van der Waals surface area contributed by atoms with Crippen molar-refractivity contribution in [2.24, 2.45) is 0 Å². The number of benzene rings is 1. The summed E-state index contributed by atoms with van der Waals surface area (Å²) in [4.78, 5) is 12.7. The van der Waals surface area contributed by atoms with Crippen molar-refractivity contribution in [3.63, 3.8) is 0 Å². The van der Waals surface area contributed by atoms with Crippen molar-refractivity contribution < 1.29 is 19.4 Å². The van der Waals surface area contributed by atoms with Gasteiger partial charge in [-0.2, -0.15) is 0 Å². The van der Waals surface area contributed by atoms with Crippen molar-refractivity contribution in [3.8, 4) is 5.75 Å². The van der Waals surface area contributed by atoms with Crippen LogP contribution >= 0.6 is 0 Å². The molecule has 1 aromatic carbocycles. The smallest absolute Gasteiger partial charge is 0.201 e. The van der Waals surface area contributed by atoms with Crippen molar-refractivity contribution in [2.75, 3.05) is 0 Å². The van der Waals surface area contributed by atoms with Gasteiger partial charge in [0.25, 0.3) is 0 Å². The summed E-state index contributed by atoms with van der Waals surface area (Å²) in [6, 6.07) is 5.14. The largest absolute Gasteiger partial charge is 0.508 e. The van der Waals surface area contributed by atoms with E-state index in [0.29, 0.717) is 0 Å². The number of rotatable bonds is 1. The lowest BCUT2D eigenvalue weighted by Crippen LogP contribution is -2.41. The Morgan fingerprint density at radius 1 is 1.20 bits per heavy atom. The van der Waals surface area contributed by atoms with E-state index in [2.05, 4.69) is 0 Å². The number of Topliss-reactive ketones (excluding diaryl/α,β-unsaturated/α-hetero) is 1. The third-order valence-corrected chi connectivity index (χ3v) is 4.45. The van der Waals surface area contributed by atoms with Gasteiger partial charge < -0.3 is 14.6 Å². The average molecular weight is 276 g/mol. The quantitative estimate of drug-likeness (QED) is 0.801. The number of carbonyl (C=O) groups is 1. The lowest BCUT2D eigenvalue weighted by Gasteiger charge is -2.24. The molecule has 2 aliphatic rings. The zero-order chi connectivity index (χ0) is 14.9. The Morgan fingerprint density at radius 3 is 2.40 bits per heavy atom. The van der Waals surface area contributed by atoms with E-state index in [4.69, 9.17) is 9.47 Å². The van der Waals surface area contributed by atoms with E-state index in [1.54, 1.807) is 26.0 Å². The van der Waals surface area contributed by atoms with Crippen LogP contribution in [0.25, 0.3) is 0 Å². The van der Waals surface area contributed by atoms with Crippen LogP contribution in [0.5, 0.6) is 5.75 Å². The molecule has 108 valence electrons. The van der Waals surface area contributed by atoms with Crippen LogP contribution in [-0.2, 0) is 14.3 Å². The summed E-state index contributed by atoms with van der Waals surface area (Å²) in [5.74, 6) is 0.155. The molecule has 0 amide bonds. The molecule has 4 heteroatoms. The van der Waals surface area contributed by atoms with E-state index < -0.39 is 16.8 Å². The standard InChI is InChI=1S/C16H20O4/c1-9-6-7-10(17)8-11(9)12-16(19-12)13(18)14(2,3)20-15(16,4)5/h6-8,12,17H,1-5H3. The van der Waals surface area contributed by atoms with E-state index in [1.165, 1.54) is 0 Å². The summed E-state index contributed by atoms with van der Waals surface area (Å²) in [5.41, 5.74) is -0.612. The number of hydrogen-bond acceptors (Lipinski definition) is 4. The number of phenolic OH excluding ortho intramolecular Hbond substituents is 1. The Bertz CT molecular complexity index is 602. The number of aryl methyl sites for hydroxylation is 1. The SMILES string of the molecule is Cc1ccc(O)cc1C1OC12C(=O)C(C)(C)OC2(C)C. The Labute approximate surface area is 118 Å². The second-order valence-electron chi connectivity index (χ2n) is 6.73. The van der Waals surface area contributed by atoms with E-state index in [9.17, 15) is 9.90 Å². The molecule has 3 rings (SSSR count). The highest BCUT2D eigenvalue weighted by atomic mass is 16.7. The lowest BCUT2D eigenvalue weighted by molar-refractivity contribution is -0.132. The van der Waals surface area contributed by atoms with Crippen LogP contribution in [0.15, 0.2) is 18.2 Å². The minimum atomic E-state index is -0.935. The van der Waals surface area contributed by atoms with Crippen LogP contribution in [0.1, 0.15) is 44.9 Å². The van der Waals surface area contributed by atoms with Crippen molar-refractivity contribution in [3.05, 3.63) is 29.3 Å². The fourth-order valence-electron chi connectivity index (χ4n) is 3.46. The molecule has 20 heavy (non-hydrogen) atoms. The lowest BCUT2D eigenvalue weighted by atomic mass is 9.80. The summed E-state index contributed by atoms with van der Waals surface area (Å²) in [6.45, 7) is 9.28. The summed E-state index contributed by atoms with van der Waals surface area (Å²) in [7, 11) is 0. The third kappa shape index (κ3) is 1.52. The summed E-state index contributed by atoms with van der Waals surface area (Å²) in [5, 5.41) is 9.67. The zero-order valence-corrected chi connectivity index (χ0v) is 12.5. The topological polar surface area (TPSA) is 59.1 Å². The van der Waals surface area contributed by atoms with E-state index in [-0.39, 0.29) is 17.6 Å². The molecular weight excluding hydrogens is 256 g/mol. The second-order valence-corrected chi connectivity index (χ2v) is 6.73. The van der Waals surface area contributed by atoms with Crippen molar-refractivity contribution in [1.29, 1.82) is 0 Å². The van der Waals surface area contributed by atoms with Crippen LogP contribution in [0.2, 0.25) is 0 Å². The molecule has 0 aromatic heterocycles. The van der Waals surface area contributed by atoms with Gasteiger partial charge in [-0.3, -0.25) is 4.79 Å². The van der Waals surface area contributed by atoms with Gasteiger partial charge in [-0.05, 0) is 57.9 Å². The van der Waals surface area contributed by atoms with Gasteiger partial charge >= 0.3 is 0 Å². The maximum absolute atomic E-state index is 12.7. The highest BCUT2D eigenvalue weighted by Crippen LogP contribution is 2.64. The first kappa shape index (κ1) is 13.6. The minimum Gasteiger partial charge on any atom is -0.508 e. The van der Waals surface area contributed by atoms with Crippen LogP contribution < -0.4 is 0 Å². The monoisotopic (exact) mass is 276 g/mol. The van der Waals surface area contributed by atoms with Gasteiger partial charge in [0.05, 0.1) is 0 Å². The summed E-state index contributed by atoms with van der Waals surface area (Å²) >= 11 is 0. The Hall–Kier alpha value is -1.39. The number of aromatic hydroxyl groups is 1. The van der Waals surface area contributed by atoms with Gasteiger partial charge in [-0.1, -0.05) is 6.07 Å². The summed E-state index contributed by atoms with van der Waals surface area (Å²) < 4.78 is 11.8. The molecule has 1 N–H and O–H groups in total. The molecular formula is C16H20O4. The fourth-order valence-corrected chi connectivity index (χ4v) is 3.46. The number of epoxide rings is 1. The fraction of sp³-hybridized carbons (Fsp3) is 0.562. The minimum absolute atomic E-state index is 0.0252. The first-order chi connectivity index (χ1) is 9.12. The number of ketones is 1. The Morgan fingerprint density at radius 2 is 1.85 bits per heavy atom. The average Bonchev–Trinajstić information content (AvgIpc) is 3.04. The molecule has 1 spiro atoms. The van der Waals surface area contributed by atoms with Gasteiger partial charge in [-0.25, -0.2) is 0 Å². The first-order valence-electron chi connectivity index (χ1n) is 6.84. The maximum atomic E-state index is 12.7. The number of hydrogen-bond donors (Lipinski definition) is 1. The summed E-state index contributed by atoms with van der Waals surface area (Å²) in [6.07, 6.45) is -0.348. The molecule has 4 nitrogen and oxygen atoms in total. The van der Waals surface area contributed by atoms with Crippen molar-refractivity contribution in [2.45, 2.75) is 57.5 Å². The van der Waals surface area contributed by atoms with Gasteiger partial charge in [0.1, 0.15) is 23.1 Å². The predicted molar refractivity (Wildman–Crippen MR) is 73.7 cm³/mol. The number of carbonyl (C=O) groups excluding carboxylic acids is 1. The molecule has 0 saturated carbocycles. The number of phenols is 1. The third-order valence-electron chi connectivity index (χ3n) is 4.45. The highest BCUT2D eigenvalue weighted by Gasteiger charge is 2.79. The number of ether oxygens (including phenoxy) is 2. The second kappa shape index (κ2) is 3.62. The van der Waals surface area contributed by atoms with Crippen LogP contribution in [-0.4, -0.2) is 27.7 Å². The normalized spacial score (nSPS) is 33.6. The Kier molecular flexibility index (Phi) is 2.46. The van der Waals surface area contributed by atoms with Crippen LogP contribution in [0.4, 0.5) is 0 Å². The van der Waals surface area contributed by atoms with Gasteiger partial charge in [0, 0.05) is 0 Å². The molecule has 2 saturated heterocycles. The molecule has 0 aliphatic carbocycles. The molecule has 2 unspecified atom stereocenters. The molecule has 2 fully saturated rings. The Balaban J connectivity index is 2.06. The predicted octanol–water partition coefficient (Wildman–Crippen LogP) is 2.67. The molecule has 0 radical (unpaired) electrons. The zero-order valence-electron chi connectivity index (χ0n) is 12.5. The van der Waals surface area contributed by atoms with Crippen molar-refractivity contribution in [1.82, 2.24) is 0 Å². The molecule has 2 heterocycles. The van der Waals surface area contributed by atoms with Crippen LogP contribution in [0.3, 0.4) is 0 Å². The first-order valence-corrected chi connectivity index (χ1v) is 6.84. The molecule has 2 atom stereocenters. The highest BCUT2D eigenvalue weighted by molar-refractivity contribution is 6.00. The maximum Gasteiger partial charge on any atom is 0.201 e.